The zero-order chi connectivity index (χ0) is 38.7. The molecule has 53 heavy (non-hydrogen) atoms. The van der Waals surface area contributed by atoms with Crippen LogP contribution in [0.4, 0.5) is 0 Å². The van der Waals surface area contributed by atoms with E-state index in [0.717, 1.165) is 30.4 Å². The number of hydrogen-bond acceptors (Lipinski definition) is 14. The van der Waals surface area contributed by atoms with Crippen LogP contribution >= 0.6 is 0 Å². The number of allylic oxidation sites excluding steroid dienone is 2. The lowest BCUT2D eigenvalue weighted by Crippen LogP contribution is -2.62. The lowest BCUT2D eigenvalue weighted by molar-refractivity contribution is -0.324. The monoisotopic (exact) mass is 756 g/mol. The first kappa shape index (κ1) is 41.6. The summed E-state index contributed by atoms with van der Waals surface area (Å²) in [5, 5.41) is 106. The van der Waals surface area contributed by atoms with Crippen LogP contribution in [0.1, 0.15) is 79.6 Å². The van der Waals surface area contributed by atoms with Crippen molar-refractivity contribution < 1.29 is 70.0 Å². The van der Waals surface area contributed by atoms with Crippen LogP contribution in [0.15, 0.2) is 23.3 Å². The van der Waals surface area contributed by atoms with Gasteiger partial charge in [0.15, 0.2) is 12.6 Å². The minimum atomic E-state index is -1.60. The standard InChI is InChI=1S/C39H64O14/c1-17(2)6-9-24(43)18(3)29-25(50-36-34(48)32(46)30(44)26(15-40)51-36)14-23-21-8-7-19-12-20(42)13-28(39(19,5)22(21)10-11-38(23,29)4)53-37-35(49)33(47)31(45)27(16-41)52-37/h6-7,18,20-37,40-49H,8-16H2,1-5H3/t18-,20-,21-,22+,23+,24+,25+,26-,27-,28-,29+,30-,31-,32+,33+,34-,35-,36-,37+,38+,39+/m1/s1. The maximum Gasteiger partial charge on any atom is 0.187 e. The van der Waals surface area contributed by atoms with Crippen molar-refractivity contribution in [3.63, 3.8) is 0 Å². The molecule has 0 amide bonds. The Balaban J connectivity index is 1.32. The van der Waals surface area contributed by atoms with E-state index < -0.39 is 104 Å². The Labute approximate surface area is 312 Å². The first-order valence-corrected chi connectivity index (χ1v) is 19.6. The van der Waals surface area contributed by atoms with Gasteiger partial charge in [0, 0.05) is 11.8 Å². The Kier molecular flexibility index (Phi) is 12.6. The second-order valence-corrected chi connectivity index (χ2v) is 17.7. The molecule has 0 aromatic heterocycles. The number of ether oxygens (including phenoxy) is 4. The minimum Gasteiger partial charge on any atom is -0.394 e. The zero-order valence-corrected chi connectivity index (χ0v) is 31.6. The molecule has 2 saturated heterocycles. The van der Waals surface area contributed by atoms with Gasteiger partial charge in [-0.1, -0.05) is 44.1 Å². The van der Waals surface area contributed by atoms with Gasteiger partial charge in [-0.3, -0.25) is 0 Å². The molecule has 304 valence electrons. The summed E-state index contributed by atoms with van der Waals surface area (Å²) in [5.74, 6) is -0.154. The van der Waals surface area contributed by atoms with Crippen LogP contribution in [0, 0.1) is 40.4 Å². The van der Waals surface area contributed by atoms with Crippen molar-refractivity contribution in [2.45, 2.75) is 165 Å². The van der Waals surface area contributed by atoms with Gasteiger partial charge in [-0.25, -0.2) is 0 Å². The van der Waals surface area contributed by atoms with Crippen LogP contribution in [0.2, 0.25) is 0 Å². The Bertz CT molecular complexity index is 1320. The average molecular weight is 757 g/mol. The third kappa shape index (κ3) is 7.33. The van der Waals surface area contributed by atoms with E-state index in [1.165, 1.54) is 0 Å². The van der Waals surface area contributed by atoms with E-state index >= 15 is 0 Å². The van der Waals surface area contributed by atoms with Crippen molar-refractivity contribution in [3.05, 3.63) is 23.3 Å². The number of aliphatic hydroxyl groups excluding tert-OH is 10. The Morgan fingerprint density at radius 2 is 1.43 bits per heavy atom. The molecule has 10 N–H and O–H groups in total. The molecule has 21 atom stereocenters. The second-order valence-electron chi connectivity index (χ2n) is 17.7. The van der Waals surface area contributed by atoms with Gasteiger partial charge in [-0.15, -0.1) is 0 Å². The Morgan fingerprint density at radius 3 is 2.00 bits per heavy atom. The third-order valence-corrected chi connectivity index (χ3v) is 14.5. The van der Waals surface area contributed by atoms with Gasteiger partial charge in [0.2, 0.25) is 0 Å². The molecular weight excluding hydrogens is 692 g/mol. The van der Waals surface area contributed by atoms with E-state index in [4.69, 9.17) is 18.9 Å². The molecule has 6 rings (SSSR count). The van der Waals surface area contributed by atoms with Gasteiger partial charge < -0.3 is 70.0 Å². The number of rotatable bonds is 10. The van der Waals surface area contributed by atoms with Crippen LogP contribution in [-0.2, 0) is 18.9 Å². The van der Waals surface area contributed by atoms with E-state index in [-0.39, 0.29) is 41.4 Å². The van der Waals surface area contributed by atoms with E-state index in [2.05, 4.69) is 19.9 Å². The van der Waals surface area contributed by atoms with Crippen molar-refractivity contribution in [3.8, 4) is 0 Å². The van der Waals surface area contributed by atoms with Crippen molar-refractivity contribution in [1.29, 1.82) is 0 Å². The molecule has 2 aliphatic heterocycles. The Morgan fingerprint density at radius 1 is 0.849 bits per heavy atom. The summed E-state index contributed by atoms with van der Waals surface area (Å²) in [6, 6.07) is 0. The molecule has 3 saturated carbocycles. The van der Waals surface area contributed by atoms with Crippen molar-refractivity contribution in [2.24, 2.45) is 40.4 Å². The summed E-state index contributed by atoms with van der Waals surface area (Å²) in [6.07, 6.45) is -8.52. The van der Waals surface area contributed by atoms with Gasteiger partial charge in [-0.05, 0) is 87.4 Å². The molecule has 14 nitrogen and oxygen atoms in total. The van der Waals surface area contributed by atoms with Gasteiger partial charge in [0.25, 0.3) is 0 Å². The van der Waals surface area contributed by atoms with Crippen molar-refractivity contribution in [2.75, 3.05) is 13.2 Å². The maximum absolute atomic E-state index is 11.6. The molecule has 0 bridgehead atoms. The lowest BCUT2D eigenvalue weighted by atomic mass is 9.46. The van der Waals surface area contributed by atoms with Gasteiger partial charge in [0.05, 0.1) is 37.6 Å². The molecule has 0 radical (unpaired) electrons. The molecule has 5 fully saturated rings. The van der Waals surface area contributed by atoms with E-state index in [1.807, 2.05) is 26.8 Å². The Hall–Kier alpha value is -1.08. The summed E-state index contributed by atoms with van der Waals surface area (Å²) in [5.41, 5.74) is 1.24. The highest BCUT2D eigenvalue weighted by Gasteiger charge is 2.65. The fraction of sp³-hybridized carbons (Fsp3) is 0.897. The number of fused-ring (bicyclic) bond motifs is 5. The normalized spacial score (nSPS) is 51.0. The SMILES string of the molecule is CC(C)=CC[C@H](O)[C@@H](C)[C@H]1[C@@H](O[C@@H]2O[C@H](CO)[C@@H](O)[C@H](O)[C@H]2O)C[C@H]2[C@@H]3CC=C4C[C@@H](O)C[C@@H](O[C@@H]5O[C@H](CO)[C@@H](O)[C@H](O)[C@H]5O)[C@]4(C)[C@H]3CC[C@]12C. The number of aliphatic hydroxyl groups is 10. The first-order chi connectivity index (χ1) is 25.0. The first-order valence-electron chi connectivity index (χ1n) is 19.6. The quantitative estimate of drug-likeness (QED) is 0.131. The van der Waals surface area contributed by atoms with Crippen LogP contribution in [0.3, 0.4) is 0 Å². The van der Waals surface area contributed by atoms with Crippen molar-refractivity contribution in [1.82, 2.24) is 0 Å². The molecule has 0 aromatic rings. The van der Waals surface area contributed by atoms with Gasteiger partial charge in [-0.2, -0.15) is 0 Å². The molecule has 6 aliphatic rings. The average Bonchev–Trinajstić information content (AvgIpc) is 3.42. The number of hydrogen-bond donors (Lipinski definition) is 10. The smallest absolute Gasteiger partial charge is 0.187 e. The minimum absolute atomic E-state index is 0.0699. The summed E-state index contributed by atoms with van der Waals surface area (Å²) in [7, 11) is 0. The predicted octanol–water partition coefficient (Wildman–Crippen LogP) is -0.130. The van der Waals surface area contributed by atoms with Crippen LogP contribution < -0.4 is 0 Å². The molecular formula is C39H64O14. The zero-order valence-electron chi connectivity index (χ0n) is 31.6. The van der Waals surface area contributed by atoms with Crippen LogP contribution in [0.25, 0.3) is 0 Å². The predicted molar refractivity (Wildman–Crippen MR) is 188 cm³/mol. The lowest BCUT2D eigenvalue weighted by Gasteiger charge is -2.60. The van der Waals surface area contributed by atoms with Crippen LogP contribution in [0.5, 0.6) is 0 Å². The maximum atomic E-state index is 11.6. The highest BCUT2D eigenvalue weighted by atomic mass is 16.7. The molecule has 0 unspecified atom stereocenters. The van der Waals surface area contributed by atoms with E-state index in [9.17, 15) is 51.1 Å². The topological polar surface area (TPSA) is 239 Å². The fourth-order valence-corrected chi connectivity index (χ4v) is 11.5. The van der Waals surface area contributed by atoms with E-state index in [0.29, 0.717) is 19.3 Å². The second kappa shape index (κ2) is 16.0. The third-order valence-electron chi connectivity index (χ3n) is 14.5. The molecule has 4 aliphatic carbocycles. The highest BCUT2D eigenvalue weighted by molar-refractivity contribution is 5.28. The summed E-state index contributed by atoms with van der Waals surface area (Å²) < 4.78 is 24.7. The summed E-state index contributed by atoms with van der Waals surface area (Å²) in [6.45, 7) is 9.24. The molecule has 2 heterocycles. The van der Waals surface area contributed by atoms with Gasteiger partial charge >= 0.3 is 0 Å². The largest absolute Gasteiger partial charge is 0.394 e. The molecule has 14 heteroatoms. The van der Waals surface area contributed by atoms with Crippen molar-refractivity contribution >= 4 is 0 Å². The van der Waals surface area contributed by atoms with Gasteiger partial charge in [0.1, 0.15) is 48.8 Å². The molecule has 0 aromatic carbocycles. The molecule has 0 spiro atoms. The highest BCUT2D eigenvalue weighted by Crippen LogP contribution is 2.68. The van der Waals surface area contributed by atoms with E-state index in [1.54, 1.807) is 0 Å². The summed E-state index contributed by atoms with van der Waals surface area (Å²) >= 11 is 0. The van der Waals surface area contributed by atoms with Crippen LogP contribution in [-0.4, -0.2) is 150 Å². The summed E-state index contributed by atoms with van der Waals surface area (Å²) in [4.78, 5) is 0. The fourth-order valence-electron chi connectivity index (χ4n) is 11.5.